The SMILES string of the molecule is Cc1ccccc1CN(C(=O)CC(c1ccccc1)c1ccccc1)[C@@H](C)C(=O)NC1CCCCC1. The van der Waals surface area contributed by atoms with Gasteiger partial charge in [0.25, 0.3) is 0 Å². The van der Waals surface area contributed by atoms with Crippen LogP contribution in [0.2, 0.25) is 0 Å². The van der Waals surface area contributed by atoms with Crippen molar-refractivity contribution in [2.45, 2.75) is 76.9 Å². The predicted octanol–water partition coefficient (Wildman–Crippen LogP) is 6.38. The summed E-state index contributed by atoms with van der Waals surface area (Å²) in [4.78, 5) is 29.1. The van der Waals surface area contributed by atoms with E-state index in [2.05, 4.69) is 42.6 Å². The molecule has 0 bridgehead atoms. The van der Waals surface area contributed by atoms with Gasteiger partial charge in [0.2, 0.25) is 11.8 Å². The minimum absolute atomic E-state index is 0.0118. The van der Waals surface area contributed by atoms with Gasteiger partial charge in [-0.15, -0.1) is 0 Å². The van der Waals surface area contributed by atoms with E-state index in [1.54, 1.807) is 4.90 Å². The van der Waals surface area contributed by atoms with Crippen LogP contribution in [0.3, 0.4) is 0 Å². The number of carbonyl (C=O) groups is 2. The molecule has 1 aliphatic rings. The number of hydrogen-bond acceptors (Lipinski definition) is 2. The molecule has 1 saturated carbocycles. The Bertz CT molecular complexity index is 1080. The van der Waals surface area contributed by atoms with Crippen molar-refractivity contribution >= 4 is 11.8 Å². The smallest absolute Gasteiger partial charge is 0.242 e. The third kappa shape index (κ3) is 6.63. The molecule has 3 aromatic carbocycles. The van der Waals surface area contributed by atoms with Crippen molar-refractivity contribution in [3.63, 3.8) is 0 Å². The summed E-state index contributed by atoms with van der Waals surface area (Å²) in [5.41, 5.74) is 4.40. The summed E-state index contributed by atoms with van der Waals surface area (Å²) in [7, 11) is 0. The number of nitrogens with zero attached hydrogens (tertiary/aromatic N) is 1. The molecule has 4 nitrogen and oxygen atoms in total. The Morgan fingerprint density at radius 1 is 0.833 bits per heavy atom. The first-order valence-corrected chi connectivity index (χ1v) is 13.3. The molecule has 0 spiro atoms. The molecule has 0 heterocycles. The first-order chi connectivity index (χ1) is 17.5. The fraction of sp³-hybridized carbons (Fsp3) is 0.375. The van der Waals surface area contributed by atoms with Crippen LogP contribution in [0.4, 0.5) is 0 Å². The molecule has 36 heavy (non-hydrogen) atoms. The quantitative estimate of drug-likeness (QED) is 0.385. The molecule has 3 aromatic rings. The zero-order valence-corrected chi connectivity index (χ0v) is 21.5. The molecule has 1 fully saturated rings. The summed E-state index contributed by atoms with van der Waals surface area (Å²) in [5.74, 6) is -0.144. The number of hydrogen-bond donors (Lipinski definition) is 1. The molecule has 1 atom stereocenters. The third-order valence-corrected chi connectivity index (χ3v) is 7.50. The molecular weight excluding hydrogens is 444 g/mol. The van der Waals surface area contributed by atoms with Crippen LogP contribution >= 0.6 is 0 Å². The van der Waals surface area contributed by atoms with Gasteiger partial charge in [-0.2, -0.15) is 0 Å². The molecule has 1 aliphatic carbocycles. The van der Waals surface area contributed by atoms with Gasteiger partial charge < -0.3 is 10.2 Å². The van der Waals surface area contributed by atoms with Gasteiger partial charge >= 0.3 is 0 Å². The molecule has 0 unspecified atom stereocenters. The average molecular weight is 483 g/mol. The molecular formula is C32H38N2O2. The first-order valence-electron chi connectivity index (χ1n) is 13.3. The van der Waals surface area contributed by atoms with E-state index in [9.17, 15) is 9.59 Å². The lowest BCUT2D eigenvalue weighted by Crippen LogP contribution is -2.50. The topological polar surface area (TPSA) is 49.4 Å². The van der Waals surface area contributed by atoms with Gasteiger partial charge in [0.15, 0.2) is 0 Å². The van der Waals surface area contributed by atoms with Crippen LogP contribution in [-0.4, -0.2) is 28.8 Å². The largest absolute Gasteiger partial charge is 0.352 e. The van der Waals surface area contributed by atoms with E-state index in [4.69, 9.17) is 0 Å². The molecule has 1 N–H and O–H groups in total. The van der Waals surface area contributed by atoms with Gasteiger partial charge in [-0.3, -0.25) is 9.59 Å². The second-order valence-corrected chi connectivity index (χ2v) is 10.0. The van der Waals surface area contributed by atoms with Gasteiger partial charge in [0.1, 0.15) is 6.04 Å². The molecule has 188 valence electrons. The van der Waals surface area contributed by atoms with E-state index in [1.807, 2.05) is 61.5 Å². The van der Waals surface area contributed by atoms with Crippen molar-refractivity contribution in [2.75, 3.05) is 0 Å². The summed E-state index contributed by atoms with van der Waals surface area (Å²) in [6, 6.07) is 28.1. The van der Waals surface area contributed by atoms with E-state index in [-0.39, 0.29) is 23.8 Å². The summed E-state index contributed by atoms with van der Waals surface area (Å²) in [6.45, 7) is 4.34. The number of rotatable bonds is 9. The standard InChI is InChI=1S/C32H38N2O2/c1-24-14-12-13-19-28(24)23-34(25(2)32(36)33-29-20-10-5-11-21-29)31(35)22-30(26-15-6-3-7-16-26)27-17-8-4-9-18-27/h3-4,6-9,12-19,25,29-30H,5,10-11,20-23H2,1-2H3,(H,33,36)/t25-/m0/s1. The minimum Gasteiger partial charge on any atom is -0.352 e. The molecule has 4 rings (SSSR count). The molecule has 2 amide bonds. The van der Waals surface area contributed by atoms with Crippen molar-refractivity contribution in [3.8, 4) is 0 Å². The van der Waals surface area contributed by atoms with Crippen LogP contribution < -0.4 is 5.32 Å². The highest BCUT2D eigenvalue weighted by molar-refractivity contribution is 5.88. The highest BCUT2D eigenvalue weighted by Crippen LogP contribution is 2.29. The zero-order chi connectivity index (χ0) is 25.3. The monoisotopic (exact) mass is 482 g/mol. The van der Waals surface area contributed by atoms with Crippen LogP contribution in [0.15, 0.2) is 84.9 Å². The Hall–Kier alpha value is -3.40. The van der Waals surface area contributed by atoms with Crippen LogP contribution in [0.1, 0.15) is 73.6 Å². The zero-order valence-electron chi connectivity index (χ0n) is 21.5. The number of amides is 2. The second-order valence-electron chi connectivity index (χ2n) is 10.0. The second kappa shape index (κ2) is 12.5. The molecule has 0 radical (unpaired) electrons. The Morgan fingerprint density at radius 3 is 1.97 bits per heavy atom. The summed E-state index contributed by atoms with van der Waals surface area (Å²) in [5, 5.41) is 3.24. The lowest BCUT2D eigenvalue weighted by atomic mass is 9.88. The van der Waals surface area contributed by atoms with Gasteiger partial charge in [-0.1, -0.05) is 104 Å². The Labute approximate surface area is 215 Å². The Kier molecular flexibility index (Phi) is 8.94. The normalized spacial score (nSPS) is 14.9. The molecule has 0 saturated heterocycles. The fourth-order valence-electron chi connectivity index (χ4n) is 5.21. The van der Waals surface area contributed by atoms with E-state index >= 15 is 0 Å². The molecule has 0 aliphatic heterocycles. The number of nitrogens with one attached hydrogen (secondary N) is 1. The van der Waals surface area contributed by atoms with Crippen molar-refractivity contribution in [3.05, 3.63) is 107 Å². The maximum absolute atomic E-state index is 14.0. The summed E-state index contributed by atoms with van der Waals surface area (Å²) < 4.78 is 0. The van der Waals surface area contributed by atoms with Gasteiger partial charge in [0, 0.05) is 24.9 Å². The molecule has 4 heteroatoms. The minimum atomic E-state index is -0.550. The van der Waals surface area contributed by atoms with Crippen molar-refractivity contribution in [1.29, 1.82) is 0 Å². The maximum atomic E-state index is 14.0. The van der Waals surface area contributed by atoms with Crippen molar-refractivity contribution in [2.24, 2.45) is 0 Å². The van der Waals surface area contributed by atoms with Gasteiger partial charge in [0.05, 0.1) is 0 Å². The van der Waals surface area contributed by atoms with E-state index in [0.717, 1.165) is 47.9 Å². The summed E-state index contributed by atoms with van der Waals surface area (Å²) in [6.07, 6.45) is 5.89. The lowest BCUT2D eigenvalue weighted by Gasteiger charge is -2.32. The Balaban J connectivity index is 1.60. The highest BCUT2D eigenvalue weighted by Gasteiger charge is 2.30. The fourth-order valence-corrected chi connectivity index (χ4v) is 5.21. The third-order valence-electron chi connectivity index (χ3n) is 7.50. The van der Waals surface area contributed by atoms with E-state index in [1.165, 1.54) is 6.42 Å². The van der Waals surface area contributed by atoms with E-state index in [0.29, 0.717) is 13.0 Å². The number of aryl methyl sites for hydroxylation is 1. The van der Waals surface area contributed by atoms with Crippen LogP contribution in [0, 0.1) is 6.92 Å². The highest BCUT2D eigenvalue weighted by atomic mass is 16.2. The predicted molar refractivity (Wildman–Crippen MR) is 146 cm³/mol. The summed E-state index contributed by atoms with van der Waals surface area (Å²) >= 11 is 0. The van der Waals surface area contributed by atoms with Gasteiger partial charge in [-0.05, 0) is 48.9 Å². The lowest BCUT2D eigenvalue weighted by molar-refractivity contribution is -0.141. The van der Waals surface area contributed by atoms with Crippen molar-refractivity contribution < 1.29 is 9.59 Å². The first kappa shape index (κ1) is 25.7. The van der Waals surface area contributed by atoms with Crippen LogP contribution in [-0.2, 0) is 16.1 Å². The number of carbonyl (C=O) groups excluding carboxylic acids is 2. The van der Waals surface area contributed by atoms with Crippen LogP contribution in [0.5, 0.6) is 0 Å². The van der Waals surface area contributed by atoms with Crippen LogP contribution in [0.25, 0.3) is 0 Å². The molecule has 0 aromatic heterocycles. The van der Waals surface area contributed by atoms with E-state index < -0.39 is 6.04 Å². The maximum Gasteiger partial charge on any atom is 0.242 e. The Morgan fingerprint density at radius 2 is 1.39 bits per heavy atom. The van der Waals surface area contributed by atoms with Gasteiger partial charge in [-0.25, -0.2) is 0 Å². The van der Waals surface area contributed by atoms with Crippen molar-refractivity contribution in [1.82, 2.24) is 10.2 Å². The average Bonchev–Trinajstić information content (AvgIpc) is 2.92. The number of benzene rings is 3.